The third-order valence-electron chi connectivity index (χ3n) is 6.03. The van der Waals surface area contributed by atoms with Crippen LogP contribution in [-0.4, -0.2) is 32.7 Å². The molecule has 0 saturated carbocycles. The highest BCUT2D eigenvalue weighted by molar-refractivity contribution is 6.06. The summed E-state index contributed by atoms with van der Waals surface area (Å²) in [7, 11) is 1.62. The lowest BCUT2D eigenvalue weighted by atomic mass is 9.91. The molecule has 4 aromatic rings. The quantitative estimate of drug-likeness (QED) is 0.322. The fourth-order valence-electron chi connectivity index (χ4n) is 4.48. The number of carbonyl (C=O) groups excluding carboxylic acids is 1. The summed E-state index contributed by atoms with van der Waals surface area (Å²) in [5, 5.41) is 15.7. The number of nitro groups is 1. The highest BCUT2D eigenvalue weighted by Crippen LogP contribution is 2.44. The van der Waals surface area contributed by atoms with Crippen molar-refractivity contribution in [2.24, 2.45) is 0 Å². The van der Waals surface area contributed by atoms with Crippen molar-refractivity contribution in [3.8, 4) is 5.75 Å². The van der Waals surface area contributed by atoms with E-state index in [4.69, 9.17) is 4.74 Å². The number of benzene rings is 3. The molecule has 1 aromatic heterocycles. The van der Waals surface area contributed by atoms with Crippen LogP contribution in [0.2, 0.25) is 0 Å². The summed E-state index contributed by atoms with van der Waals surface area (Å²) in [5.74, 6) is 0.706. The molecule has 0 radical (unpaired) electrons. The Hall–Kier alpha value is -4.53. The smallest absolute Gasteiger partial charge is 0.270 e. The molecule has 1 aliphatic heterocycles. The highest BCUT2D eigenvalue weighted by Gasteiger charge is 2.40. The van der Waals surface area contributed by atoms with Crippen LogP contribution < -0.4 is 9.64 Å². The summed E-state index contributed by atoms with van der Waals surface area (Å²) in [5.41, 5.74) is 1.92. The van der Waals surface area contributed by atoms with Crippen molar-refractivity contribution in [3.05, 3.63) is 112 Å². The number of hydrogen-bond donors (Lipinski definition) is 0. The molecule has 2 unspecified atom stereocenters. The highest BCUT2D eigenvalue weighted by atomic mass is 16.6. The number of carbonyl (C=O) groups is 1. The van der Waals surface area contributed by atoms with Crippen LogP contribution in [0.4, 0.5) is 11.6 Å². The van der Waals surface area contributed by atoms with Gasteiger partial charge in [-0.2, -0.15) is 10.1 Å². The number of anilines is 1. The van der Waals surface area contributed by atoms with Gasteiger partial charge < -0.3 is 4.74 Å². The molecule has 0 bridgehead atoms. The molecule has 0 spiro atoms. The molecule has 9 nitrogen and oxygen atoms in total. The molecular weight excluding hydrogens is 434 g/mol. The summed E-state index contributed by atoms with van der Waals surface area (Å²) in [4.78, 5) is 30.6. The van der Waals surface area contributed by atoms with E-state index >= 15 is 0 Å². The van der Waals surface area contributed by atoms with E-state index in [1.165, 1.54) is 24.5 Å². The second-order valence-corrected chi connectivity index (χ2v) is 7.91. The van der Waals surface area contributed by atoms with Crippen molar-refractivity contribution in [3.63, 3.8) is 0 Å². The Kier molecular flexibility index (Phi) is 5.51. The molecule has 0 N–H and O–H groups in total. The molecule has 0 fully saturated rings. The van der Waals surface area contributed by atoms with Gasteiger partial charge >= 0.3 is 0 Å². The molecule has 2 heterocycles. The Balaban J connectivity index is 1.66. The van der Waals surface area contributed by atoms with Crippen LogP contribution in [0.5, 0.6) is 5.75 Å². The zero-order valence-electron chi connectivity index (χ0n) is 18.3. The summed E-state index contributed by atoms with van der Waals surface area (Å²) in [6.07, 6.45) is 1.93. The van der Waals surface area contributed by atoms with Crippen LogP contribution in [0.15, 0.2) is 85.2 Å². The van der Waals surface area contributed by atoms with Crippen LogP contribution in [0.1, 0.15) is 40.0 Å². The Labute approximate surface area is 195 Å². The Bertz CT molecular complexity index is 1350. The zero-order valence-corrected chi connectivity index (χ0v) is 18.3. The predicted molar refractivity (Wildman–Crippen MR) is 125 cm³/mol. The van der Waals surface area contributed by atoms with E-state index < -0.39 is 4.92 Å². The van der Waals surface area contributed by atoms with Crippen LogP contribution in [0.3, 0.4) is 0 Å². The fraction of sp³-hybridized carbons (Fsp3) is 0.160. The van der Waals surface area contributed by atoms with E-state index in [2.05, 4.69) is 10.1 Å². The normalized spacial score (nSPS) is 17.1. The van der Waals surface area contributed by atoms with E-state index in [1.54, 1.807) is 22.8 Å². The van der Waals surface area contributed by atoms with Gasteiger partial charge in [-0.1, -0.05) is 54.6 Å². The third kappa shape index (κ3) is 3.66. The second kappa shape index (κ2) is 8.78. The number of amides is 1. The number of methoxy groups -OCH3 is 1. The van der Waals surface area contributed by atoms with E-state index in [1.807, 2.05) is 54.6 Å². The largest absolute Gasteiger partial charge is 0.496 e. The summed E-state index contributed by atoms with van der Waals surface area (Å²) in [6.45, 7) is 0. The Morgan fingerprint density at radius 1 is 1.03 bits per heavy atom. The fourth-order valence-corrected chi connectivity index (χ4v) is 4.48. The maximum absolute atomic E-state index is 13.8. The van der Waals surface area contributed by atoms with Crippen LogP contribution in [0.25, 0.3) is 0 Å². The number of hydrogen-bond acceptors (Lipinski definition) is 6. The van der Waals surface area contributed by atoms with Crippen molar-refractivity contribution in [1.29, 1.82) is 0 Å². The molecule has 1 amide bonds. The minimum absolute atomic E-state index is 0.146. The van der Waals surface area contributed by atoms with E-state index in [0.717, 1.165) is 16.9 Å². The van der Waals surface area contributed by atoms with E-state index in [-0.39, 0.29) is 29.2 Å². The zero-order chi connectivity index (χ0) is 23.7. The molecule has 170 valence electrons. The molecule has 34 heavy (non-hydrogen) atoms. The summed E-state index contributed by atoms with van der Waals surface area (Å²) in [6, 6.07) is 22.5. The van der Waals surface area contributed by atoms with Crippen LogP contribution >= 0.6 is 0 Å². The standard InChI is InChI=1S/C25H21N5O4/c1-34-23-13-6-5-12-20(23)22-15-21(17-8-3-2-4-9-17)28(25-26-16-27-29(22)25)24(31)18-10-7-11-19(14-18)30(32)33/h2-14,16,21-22H,15H2,1H3. The lowest BCUT2D eigenvalue weighted by Crippen LogP contribution is -2.42. The van der Waals surface area contributed by atoms with Crippen molar-refractivity contribution in [1.82, 2.24) is 14.8 Å². The number of fused-ring (bicyclic) bond motifs is 1. The Morgan fingerprint density at radius 3 is 2.56 bits per heavy atom. The molecule has 5 rings (SSSR count). The summed E-state index contributed by atoms with van der Waals surface area (Å²) >= 11 is 0. The first-order valence-corrected chi connectivity index (χ1v) is 10.7. The predicted octanol–water partition coefficient (Wildman–Crippen LogP) is 4.58. The molecule has 0 aliphatic carbocycles. The number of para-hydroxylation sites is 1. The molecule has 0 saturated heterocycles. The number of non-ortho nitro benzene ring substituents is 1. The Morgan fingerprint density at radius 2 is 1.79 bits per heavy atom. The van der Waals surface area contributed by atoms with Gasteiger partial charge in [-0.05, 0) is 24.1 Å². The average Bonchev–Trinajstić information content (AvgIpc) is 3.38. The molecule has 3 aromatic carbocycles. The number of rotatable bonds is 5. The van der Waals surface area contributed by atoms with E-state index in [9.17, 15) is 14.9 Å². The lowest BCUT2D eigenvalue weighted by Gasteiger charge is -2.39. The van der Waals surface area contributed by atoms with Gasteiger partial charge in [-0.25, -0.2) is 4.68 Å². The molecule has 1 aliphatic rings. The van der Waals surface area contributed by atoms with Crippen molar-refractivity contribution < 1.29 is 14.5 Å². The maximum atomic E-state index is 13.8. The average molecular weight is 455 g/mol. The van der Waals surface area contributed by atoms with Crippen LogP contribution in [-0.2, 0) is 0 Å². The molecule has 2 atom stereocenters. The molecule has 9 heteroatoms. The monoisotopic (exact) mass is 455 g/mol. The summed E-state index contributed by atoms with van der Waals surface area (Å²) < 4.78 is 7.32. The van der Waals surface area contributed by atoms with Gasteiger partial charge in [0.1, 0.15) is 12.1 Å². The topological polar surface area (TPSA) is 103 Å². The molecular formula is C25H21N5O4. The van der Waals surface area contributed by atoms with Crippen molar-refractivity contribution in [2.45, 2.75) is 18.5 Å². The van der Waals surface area contributed by atoms with Crippen molar-refractivity contribution >= 4 is 17.5 Å². The lowest BCUT2D eigenvalue weighted by molar-refractivity contribution is -0.384. The number of aromatic nitrogens is 3. The second-order valence-electron chi connectivity index (χ2n) is 7.91. The van der Waals surface area contributed by atoms with Crippen LogP contribution in [0, 0.1) is 10.1 Å². The maximum Gasteiger partial charge on any atom is 0.270 e. The van der Waals surface area contributed by atoms with Gasteiger partial charge in [0.05, 0.1) is 24.1 Å². The SMILES string of the molecule is COc1ccccc1C1CC(c2ccccc2)N(C(=O)c2cccc([N+](=O)[O-])c2)c2ncnn21. The van der Waals surface area contributed by atoms with Gasteiger partial charge in [0.15, 0.2) is 0 Å². The first-order valence-electron chi connectivity index (χ1n) is 10.7. The van der Waals surface area contributed by atoms with Gasteiger partial charge in [-0.3, -0.25) is 19.8 Å². The van der Waals surface area contributed by atoms with Crippen molar-refractivity contribution in [2.75, 3.05) is 12.0 Å². The number of nitro benzene ring substituents is 1. The van der Waals surface area contributed by atoms with Gasteiger partial charge in [0.25, 0.3) is 11.6 Å². The first kappa shape index (κ1) is 21.3. The van der Waals surface area contributed by atoms with Gasteiger partial charge in [-0.15, -0.1) is 0 Å². The number of nitrogens with zero attached hydrogens (tertiary/aromatic N) is 5. The van der Waals surface area contributed by atoms with Gasteiger partial charge in [0, 0.05) is 23.3 Å². The minimum Gasteiger partial charge on any atom is -0.496 e. The first-order chi connectivity index (χ1) is 16.6. The van der Waals surface area contributed by atoms with E-state index in [0.29, 0.717) is 12.4 Å². The third-order valence-corrected chi connectivity index (χ3v) is 6.03. The number of ether oxygens (including phenoxy) is 1. The van der Waals surface area contributed by atoms with Gasteiger partial charge in [0.2, 0.25) is 5.95 Å². The minimum atomic E-state index is -0.512.